The Morgan fingerprint density at radius 1 is 0.923 bits per heavy atom. The number of hydrogen-bond donors (Lipinski definition) is 3. The van der Waals surface area contributed by atoms with Crippen LogP contribution < -0.4 is 0 Å². The minimum atomic E-state index is -0.896. The summed E-state index contributed by atoms with van der Waals surface area (Å²) >= 11 is 0. The van der Waals surface area contributed by atoms with Crippen molar-refractivity contribution >= 4 is 33.7 Å². The van der Waals surface area contributed by atoms with Gasteiger partial charge in [0.2, 0.25) is 0 Å². The Morgan fingerprint density at radius 3 is 2.19 bits per heavy atom. The Balaban J connectivity index is 0.000000152. The predicted molar refractivity (Wildman–Crippen MR) is 99.9 cm³/mol. The lowest BCUT2D eigenvalue weighted by atomic mass is 10.1. The number of nitrogens with zero attached hydrogens (tertiary/aromatic N) is 1. The van der Waals surface area contributed by atoms with Gasteiger partial charge in [-0.3, -0.25) is 0 Å². The van der Waals surface area contributed by atoms with Crippen LogP contribution in [0.4, 0.5) is 0 Å². The highest BCUT2D eigenvalue weighted by molar-refractivity contribution is 6.05. The lowest BCUT2D eigenvalue weighted by molar-refractivity contribution is 0.0687. The summed E-state index contributed by atoms with van der Waals surface area (Å²) in [6, 6.07) is 14.9. The number of fused-ring (bicyclic) bond motifs is 2. The molecule has 2 heterocycles. The smallest absolute Gasteiger partial charge is 0.338 e. The zero-order valence-corrected chi connectivity index (χ0v) is 14.4. The summed E-state index contributed by atoms with van der Waals surface area (Å²) in [5, 5.41) is 19.4. The predicted octanol–water partition coefficient (Wildman–Crippen LogP) is 4.05. The molecule has 132 valence electrons. The molecule has 6 nitrogen and oxygen atoms in total. The third kappa shape index (κ3) is 2.93. The van der Waals surface area contributed by atoms with Gasteiger partial charge in [0.1, 0.15) is 0 Å². The third-order valence-corrected chi connectivity index (χ3v) is 4.43. The van der Waals surface area contributed by atoms with Gasteiger partial charge in [0.25, 0.3) is 0 Å². The summed E-state index contributed by atoms with van der Waals surface area (Å²) in [7, 11) is 1.88. The SMILES string of the molecule is Cc1c(C(=O)O)c2ccccc2n1C.O=C(O)c1c[nH]c2ccccc12. The zero-order chi connectivity index (χ0) is 18.8. The molecule has 0 unspecified atom stereocenters. The second kappa shape index (κ2) is 6.76. The van der Waals surface area contributed by atoms with Crippen LogP contribution in [0, 0.1) is 6.92 Å². The number of carboxylic acids is 2. The fourth-order valence-corrected chi connectivity index (χ4v) is 3.04. The molecule has 0 aliphatic rings. The third-order valence-electron chi connectivity index (χ3n) is 4.43. The minimum Gasteiger partial charge on any atom is -0.478 e. The fourth-order valence-electron chi connectivity index (χ4n) is 3.04. The highest BCUT2D eigenvalue weighted by Crippen LogP contribution is 2.24. The Kier molecular flexibility index (Phi) is 4.49. The summed E-state index contributed by atoms with van der Waals surface area (Å²) in [6.45, 7) is 1.82. The van der Waals surface area contributed by atoms with Gasteiger partial charge >= 0.3 is 11.9 Å². The minimum absolute atomic E-state index is 0.325. The number of benzene rings is 2. The van der Waals surface area contributed by atoms with E-state index in [1.165, 1.54) is 6.20 Å². The largest absolute Gasteiger partial charge is 0.478 e. The van der Waals surface area contributed by atoms with Crippen molar-refractivity contribution < 1.29 is 19.8 Å². The quantitative estimate of drug-likeness (QED) is 0.508. The molecular formula is C20H18N2O4. The van der Waals surface area contributed by atoms with Crippen molar-refractivity contribution in [2.45, 2.75) is 6.92 Å². The molecule has 6 heteroatoms. The highest BCUT2D eigenvalue weighted by atomic mass is 16.4. The summed E-state index contributed by atoms with van der Waals surface area (Å²) in [5.74, 6) is -1.76. The molecular weight excluding hydrogens is 332 g/mol. The maximum Gasteiger partial charge on any atom is 0.338 e. The molecule has 4 rings (SSSR count). The molecule has 0 saturated carbocycles. The molecule has 0 spiro atoms. The van der Waals surface area contributed by atoms with Gasteiger partial charge < -0.3 is 19.8 Å². The lowest BCUT2D eigenvalue weighted by Gasteiger charge is -1.97. The van der Waals surface area contributed by atoms with E-state index in [-0.39, 0.29) is 0 Å². The normalized spacial score (nSPS) is 10.5. The number of carboxylic acid groups (broad SMARTS) is 2. The van der Waals surface area contributed by atoms with Gasteiger partial charge in [-0.15, -0.1) is 0 Å². The van der Waals surface area contributed by atoms with E-state index in [1.54, 1.807) is 6.07 Å². The van der Waals surface area contributed by atoms with Crippen molar-refractivity contribution in [3.63, 3.8) is 0 Å². The first-order chi connectivity index (χ1) is 12.4. The molecule has 26 heavy (non-hydrogen) atoms. The maximum absolute atomic E-state index is 11.0. The second-order valence-corrected chi connectivity index (χ2v) is 5.89. The van der Waals surface area contributed by atoms with Gasteiger partial charge in [0, 0.05) is 40.7 Å². The number of rotatable bonds is 2. The molecule has 2 aromatic carbocycles. The van der Waals surface area contributed by atoms with Crippen LogP contribution in [0.3, 0.4) is 0 Å². The van der Waals surface area contributed by atoms with Crippen LogP contribution in [-0.4, -0.2) is 31.7 Å². The first-order valence-electron chi connectivity index (χ1n) is 7.98. The standard InChI is InChI=1S/C11H11NO2.C9H7NO2/c1-7-10(11(13)14)8-5-3-4-6-9(8)12(7)2;11-9(12)7-5-10-8-4-2-1-3-6(7)8/h3-6H,1-2H3,(H,13,14);1-5,10H,(H,11,12). The van der Waals surface area contributed by atoms with E-state index in [9.17, 15) is 9.59 Å². The van der Waals surface area contributed by atoms with E-state index >= 15 is 0 Å². The number of carbonyl (C=O) groups is 2. The Bertz CT molecular complexity index is 1120. The molecule has 4 aromatic rings. The van der Waals surface area contributed by atoms with Crippen LogP contribution in [0.2, 0.25) is 0 Å². The number of H-pyrrole nitrogens is 1. The topological polar surface area (TPSA) is 95.3 Å². The van der Waals surface area contributed by atoms with Gasteiger partial charge in [-0.05, 0) is 19.1 Å². The lowest BCUT2D eigenvalue weighted by Crippen LogP contribution is -1.99. The van der Waals surface area contributed by atoms with Crippen molar-refractivity contribution in [3.8, 4) is 0 Å². The molecule has 0 saturated heterocycles. The summed E-state index contributed by atoms with van der Waals surface area (Å²) in [6.07, 6.45) is 1.51. The Hall–Kier alpha value is -3.54. The van der Waals surface area contributed by atoms with Crippen LogP contribution in [0.5, 0.6) is 0 Å². The van der Waals surface area contributed by atoms with Crippen LogP contribution in [0.25, 0.3) is 21.8 Å². The van der Waals surface area contributed by atoms with Crippen molar-refractivity contribution in [2.75, 3.05) is 0 Å². The van der Waals surface area contributed by atoms with Crippen LogP contribution >= 0.6 is 0 Å². The molecule has 0 aliphatic heterocycles. The molecule has 0 atom stereocenters. The molecule has 0 bridgehead atoms. The molecule has 2 aromatic heterocycles. The summed E-state index contributed by atoms with van der Waals surface area (Å²) in [5.41, 5.74) is 3.34. The number of aromatic amines is 1. The van der Waals surface area contributed by atoms with Crippen LogP contribution in [0.1, 0.15) is 26.4 Å². The maximum atomic E-state index is 11.0. The van der Waals surface area contributed by atoms with Crippen molar-refractivity contribution in [1.29, 1.82) is 0 Å². The van der Waals surface area contributed by atoms with E-state index in [1.807, 2.05) is 61.0 Å². The van der Waals surface area contributed by atoms with E-state index in [4.69, 9.17) is 10.2 Å². The first kappa shape index (κ1) is 17.3. The Morgan fingerprint density at radius 2 is 1.54 bits per heavy atom. The number of aromatic nitrogens is 2. The number of aryl methyl sites for hydroxylation is 1. The molecule has 0 amide bonds. The van der Waals surface area contributed by atoms with E-state index in [2.05, 4.69) is 4.98 Å². The summed E-state index contributed by atoms with van der Waals surface area (Å²) < 4.78 is 1.90. The van der Waals surface area contributed by atoms with E-state index in [0.29, 0.717) is 11.1 Å². The van der Waals surface area contributed by atoms with Crippen LogP contribution in [0.15, 0.2) is 54.7 Å². The average molecular weight is 350 g/mol. The molecule has 0 fully saturated rings. The van der Waals surface area contributed by atoms with Crippen molar-refractivity contribution in [1.82, 2.24) is 9.55 Å². The van der Waals surface area contributed by atoms with Gasteiger partial charge in [-0.2, -0.15) is 0 Å². The van der Waals surface area contributed by atoms with E-state index < -0.39 is 11.9 Å². The van der Waals surface area contributed by atoms with Gasteiger partial charge in [0.05, 0.1) is 11.1 Å². The zero-order valence-electron chi connectivity index (χ0n) is 14.4. The highest BCUT2D eigenvalue weighted by Gasteiger charge is 2.16. The number of nitrogens with one attached hydrogen (secondary N) is 1. The number of aromatic carboxylic acids is 2. The number of para-hydroxylation sites is 2. The van der Waals surface area contributed by atoms with Gasteiger partial charge in [-0.1, -0.05) is 36.4 Å². The fraction of sp³-hybridized carbons (Fsp3) is 0.100. The molecule has 0 radical (unpaired) electrons. The number of hydrogen-bond acceptors (Lipinski definition) is 2. The Labute approximate surface area is 149 Å². The molecule has 3 N–H and O–H groups in total. The second-order valence-electron chi connectivity index (χ2n) is 5.89. The summed E-state index contributed by atoms with van der Waals surface area (Å²) in [4.78, 5) is 24.6. The monoisotopic (exact) mass is 350 g/mol. The van der Waals surface area contributed by atoms with Crippen molar-refractivity contribution in [3.05, 3.63) is 71.5 Å². The average Bonchev–Trinajstić information content (AvgIpc) is 3.16. The van der Waals surface area contributed by atoms with Crippen molar-refractivity contribution in [2.24, 2.45) is 7.05 Å². The van der Waals surface area contributed by atoms with Gasteiger partial charge in [0.15, 0.2) is 0 Å². The van der Waals surface area contributed by atoms with Gasteiger partial charge in [-0.25, -0.2) is 9.59 Å². The first-order valence-corrected chi connectivity index (χ1v) is 7.98. The van der Waals surface area contributed by atoms with Crippen LogP contribution in [-0.2, 0) is 7.05 Å². The van der Waals surface area contributed by atoms with E-state index in [0.717, 1.165) is 27.5 Å². The molecule has 0 aliphatic carbocycles.